The molecule has 2 aromatic rings. The van der Waals surface area contributed by atoms with Gasteiger partial charge < -0.3 is 24.8 Å². The molecule has 264 valence electrons. The molecule has 1 N–H and O–H groups in total. The van der Waals surface area contributed by atoms with Crippen molar-refractivity contribution in [2.24, 2.45) is 17.8 Å². The average molecular weight is 675 g/mol. The summed E-state index contributed by atoms with van der Waals surface area (Å²) in [6.07, 6.45) is 6.37. The number of nitriles is 1. The van der Waals surface area contributed by atoms with Crippen LogP contribution in [0.25, 0.3) is 0 Å². The first-order chi connectivity index (χ1) is 23.8. The van der Waals surface area contributed by atoms with Crippen molar-refractivity contribution in [2.45, 2.75) is 69.1 Å². The van der Waals surface area contributed by atoms with E-state index in [0.29, 0.717) is 37.0 Å². The van der Waals surface area contributed by atoms with E-state index in [2.05, 4.69) is 49.2 Å². The fourth-order valence-corrected chi connectivity index (χ4v) is 9.92. The Hall–Kier alpha value is -3.26. The summed E-state index contributed by atoms with van der Waals surface area (Å²) < 4.78 is 33.5. The number of hydrogen-bond acceptors (Lipinski definition) is 7. The van der Waals surface area contributed by atoms with Gasteiger partial charge in [-0.1, -0.05) is 18.6 Å². The molecule has 0 unspecified atom stereocenters. The number of anilines is 1. The normalized spacial score (nSPS) is 25.8. The zero-order chi connectivity index (χ0) is 34.0. The Morgan fingerprint density at radius 2 is 1.73 bits per heavy atom. The molecule has 4 heterocycles. The van der Waals surface area contributed by atoms with E-state index in [1.54, 1.807) is 12.1 Å². The first-order valence-corrected chi connectivity index (χ1v) is 18.5. The zero-order valence-electron chi connectivity index (χ0n) is 29.0. The maximum Gasteiger partial charge on any atom is 0.407 e. The van der Waals surface area contributed by atoms with Crippen LogP contribution in [0.1, 0.15) is 61.6 Å². The number of rotatable bonds is 11. The first kappa shape index (κ1) is 34.2. The summed E-state index contributed by atoms with van der Waals surface area (Å²) in [5.74, 6) is 0.987. The van der Waals surface area contributed by atoms with Crippen molar-refractivity contribution in [3.05, 3.63) is 65.0 Å². The van der Waals surface area contributed by atoms with Crippen molar-refractivity contribution >= 4 is 11.8 Å². The molecule has 4 saturated heterocycles. The number of carbonyl (C=O) groups excluding carboxylic acids is 1. The summed E-state index contributed by atoms with van der Waals surface area (Å²) in [7, 11) is 1.43. The second kappa shape index (κ2) is 14.9. The van der Waals surface area contributed by atoms with E-state index in [9.17, 15) is 14.4 Å². The second-order valence-corrected chi connectivity index (χ2v) is 15.4. The molecular weight excluding hydrogens is 622 g/mol. The van der Waals surface area contributed by atoms with Crippen molar-refractivity contribution < 1.29 is 18.3 Å². The lowest BCUT2D eigenvalue weighted by Crippen LogP contribution is -2.58. The number of nitrogens with one attached hydrogen (secondary N) is 1. The number of nitrogens with zero attached hydrogens (tertiary/aromatic N) is 5. The Morgan fingerprint density at radius 1 is 0.959 bits per heavy atom. The number of carbonyl (C=O) groups is 1. The number of ether oxygens (including phenoxy) is 1. The molecule has 3 atom stereocenters. The smallest absolute Gasteiger partial charge is 0.407 e. The molecule has 7 rings (SSSR count). The van der Waals surface area contributed by atoms with Crippen LogP contribution in [0, 0.1) is 34.9 Å². The summed E-state index contributed by atoms with van der Waals surface area (Å²) in [6, 6.07) is 15.8. The largest absolute Gasteiger partial charge is 0.453 e. The fraction of sp³-hybridized carbons (Fsp3) is 0.641. The van der Waals surface area contributed by atoms with Gasteiger partial charge in [0, 0.05) is 68.9 Å². The van der Waals surface area contributed by atoms with Crippen LogP contribution in [0.5, 0.6) is 0 Å². The summed E-state index contributed by atoms with van der Waals surface area (Å²) in [5, 5.41) is 12.8. The summed E-state index contributed by atoms with van der Waals surface area (Å²) in [6.45, 7) is 9.67. The highest BCUT2D eigenvalue weighted by Gasteiger charge is 2.53. The number of alkyl halides is 1. The molecule has 5 fully saturated rings. The predicted octanol–water partition coefficient (Wildman–Crippen LogP) is 5.56. The van der Waals surface area contributed by atoms with Crippen LogP contribution in [-0.2, 0) is 16.7 Å². The number of alkyl carbamates (subject to hydrolysis) is 1. The molecule has 0 bridgehead atoms. The van der Waals surface area contributed by atoms with Crippen molar-refractivity contribution in [1.29, 1.82) is 5.26 Å². The Labute approximate surface area is 290 Å². The predicted molar refractivity (Wildman–Crippen MR) is 187 cm³/mol. The molecule has 10 heteroatoms. The van der Waals surface area contributed by atoms with E-state index in [0.717, 1.165) is 101 Å². The standard InChI is InChI=1S/C39H52F2N6O2/c1-49-38(48)43-37-9-5-8-36(37)39(27-45-14-2-3-15-45,32-6-4-7-33(40)19-32)31-12-16-44(17-13-31)21-28-22-47(23-28)35-11-10-29(20-42)30(18-35)24-46-25-34(41)26-46/h4,6-7,10-11,18-19,28,31,34,36-37H,2-3,5,8-9,12-17,21-27H2,1H3,(H,43,48)/t36-,37-,39-/m0/s1. The quantitative estimate of drug-likeness (QED) is 0.335. The number of benzene rings is 2. The van der Waals surface area contributed by atoms with Gasteiger partial charge in [-0.3, -0.25) is 4.90 Å². The van der Waals surface area contributed by atoms with Gasteiger partial charge in [-0.15, -0.1) is 0 Å². The fourth-order valence-electron chi connectivity index (χ4n) is 9.92. The number of hydrogen-bond donors (Lipinski definition) is 1. The topological polar surface area (TPSA) is 75.1 Å². The van der Waals surface area contributed by atoms with Crippen LogP contribution < -0.4 is 10.2 Å². The van der Waals surface area contributed by atoms with E-state index in [1.165, 1.54) is 20.0 Å². The van der Waals surface area contributed by atoms with Crippen molar-refractivity contribution in [1.82, 2.24) is 20.0 Å². The van der Waals surface area contributed by atoms with Crippen molar-refractivity contribution in [2.75, 3.05) is 77.5 Å². The van der Waals surface area contributed by atoms with E-state index >= 15 is 4.39 Å². The van der Waals surface area contributed by atoms with Gasteiger partial charge in [0.2, 0.25) is 0 Å². The SMILES string of the molecule is COC(=O)N[C@H]1CCC[C@@H]1[C@](CN1CCCC1)(c1cccc(F)c1)C1CCN(CC2CN(c3ccc(C#N)c(CN4CC(F)C4)c3)C2)CC1. The number of methoxy groups -OCH3 is 1. The van der Waals surface area contributed by atoms with Crippen LogP contribution in [0.15, 0.2) is 42.5 Å². The molecule has 4 aliphatic heterocycles. The molecule has 0 radical (unpaired) electrons. The van der Waals surface area contributed by atoms with Gasteiger partial charge in [0.25, 0.3) is 0 Å². The summed E-state index contributed by atoms with van der Waals surface area (Å²) >= 11 is 0. The Kier molecular flexibility index (Phi) is 10.4. The van der Waals surface area contributed by atoms with Gasteiger partial charge in [0.1, 0.15) is 12.0 Å². The van der Waals surface area contributed by atoms with Crippen LogP contribution in [0.3, 0.4) is 0 Å². The minimum absolute atomic E-state index is 0.00608. The number of piperidine rings is 1. The Bertz CT molecular complexity index is 1490. The number of likely N-dealkylation sites (tertiary alicyclic amines) is 3. The van der Waals surface area contributed by atoms with Crippen molar-refractivity contribution in [3.63, 3.8) is 0 Å². The maximum atomic E-state index is 15.0. The number of halogens is 2. The molecule has 5 aliphatic rings. The lowest BCUT2D eigenvalue weighted by molar-refractivity contribution is 0.0436. The maximum absolute atomic E-state index is 15.0. The van der Waals surface area contributed by atoms with E-state index < -0.39 is 6.17 Å². The highest BCUT2D eigenvalue weighted by molar-refractivity contribution is 5.67. The average Bonchev–Trinajstić information content (AvgIpc) is 3.77. The minimum Gasteiger partial charge on any atom is -0.453 e. The molecule has 8 nitrogen and oxygen atoms in total. The third kappa shape index (κ3) is 7.31. The van der Waals surface area contributed by atoms with Gasteiger partial charge in [0.05, 0.1) is 18.7 Å². The molecule has 1 aliphatic carbocycles. The Morgan fingerprint density at radius 3 is 2.43 bits per heavy atom. The van der Waals surface area contributed by atoms with Crippen molar-refractivity contribution in [3.8, 4) is 6.07 Å². The molecular formula is C39H52F2N6O2. The van der Waals surface area contributed by atoms with Gasteiger partial charge in [-0.2, -0.15) is 5.26 Å². The molecule has 1 amide bonds. The third-order valence-corrected chi connectivity index (χ3v) is 12.4. The lowest BCUT2D eigenvalue weighted by Gasteiger charge is -2.52. The van der Waals surface area contributed by atoms with Crippen LogP contribution in [-0.4, -0.2) is 106 Å². The van der Waals surface area contributed by atoms with E-state index in [4.69, 9.17) is 4.74 Å². The Balaban J connectivity index is 1.03. The van der Waals surface area contributed by atoms with Gasteiger partial charge in [0.15, 0.2) is 0 Å². The first-order valence-electron chi connectivity index (χ1n) is 18.5. The third-order valence-electron chi connectivity index (χ3n) is 12.4. The summed E-state index contributed by atoms with van der Waals surface area (Å²) in [5.41, 5.74) is 3.64. The van der Waals surface area contributed by atoms with Crippen LogP contribution >= 0.6 is 0 Å². The summed E-state index contributed by atoms with van der Waals surface area (Å²) in [4.78, 5) is 22.2. The molecule has 0 spiro atoms. The van der Waals surface area contributed by atoms with Crippen LogP contribution in [0.2, 0.25) is 0 Å². The minimum atomic E-state index is -0.749. The molecule has 2 aromatic carbocycles. The van der Waals surface area contributed by atoms with Gasteiger partial charge >= 0.3 is 6.09 Å². The lowest BCUT2D eigenvalue weighted by atomic mass is 9.58. The van der Waals surface area contributed by atoms with Gasteiger partial charge in [-0.05, 0) is 118 Å². The van der Waals surface area contributed by atoms with E-state index in [1.807, 2.05) is 12.1 Å². The second-order valence-electron chi connectivity index (χ2n) is 15.4. The molecule has 0 aromatic heterocycles. The highest BCUT2D eigenvalue weighted by Crippen LogP contribution is 2.51. The molecule has 1 saturated carbocycles. The monoisotopic (exact) mass is 674 g/mol. The molecule has 49 heavy (non-hydrogen) atoms. The van der Waals surface area contributed by atoms with Crippen LogP contribution in [0.4, 0.5) is 19.3 Å². The highest BCUT2D eigenvalue weighted by atomic mass is 19.1. The van der Waals surface area contributed by atoms with E-state index in [-0.39, 0.29) is 29.3 Å². The van der Waals surface area contributed by atoms with Gasteiger partial charge in [-0.25, -0.2) is 13.6 Å². The zero-order valence-corrected chi connectivity index (χ0v) is 29.0. The number of amides is 1.